The molecule has 0 spiro atoms. The van der Waals surface area contributed by atoms with Gasteiger partial charge in [0.25, 0.3) is 5.56 Å². The Labute approximate surface area is 124 Å². The fraction of sp³-hybridized carbons (Fsp3) is 0.538. The molecule has 1 unspecified atom stereocenters. The first-order valence-electron chi connectivity index (χ1n) is 6.88. The van der Waals surface area contributed by atoms with Gasteiger partial charge < -0.3 is 5.11 Å². The molecule has 1 fully saturated rings. The van der Waals surface area contributed by atoms with Crippen molar-refractivity contribution >= 4 is 22.3 Å². The molecule has 1 aliphatic heterocycles. The van der Waals surface area contributed by atoms with E-state index in [1.165, 1.54) is 21.9 Å². The Balaban J connectivity index is 1.89. The number of nitrogens with zero attached hydrogens (tertiary/aromatic N) is 4. The highest BCUT2D eigenvalue weighted by Crippen LogP contribution is 2.21. The maximum Gasteiger partial charge on any atom is 0.320 e. The fourth-order valence-electron chi connectivity index (χ4n) is 2.66. The fourth-order valence-corrected chi connectivity index (χ4v) is 3.63. The van der Waals surface area contributed by atoms with Crippen LogP contribution in [0.15, 0.2) is 10.9 Å². The first-order valence-corrected chi connectivity index (χ1v) is 7.69. The predicted octanol–water partition coefficient (Wildman–Crippen LogP) is 0.899. The van der Waals surface area contributed by atoms with Gasteiger partial charge in [-0.25, -0.2) is 4.98 Å². The molecule has 0 bridgehead atoms. The first-order chi connectivity index (χ1) is 10.0. The molecule has 8 heteroatoms. The molecular weight excluding hydrogens is 292 g/mol. The van der Waals surface area contributed by atoms with E-state index in [-0.39, 0.29) is 5.56 Å². The summed E-state index contributed by atoms with van der Waals surface area (Å²) in [4.78, 5) is 29.9. The van der Waals surface area contributed by atoms with Crippen LogP contribution in [0.2, 0.25) is 0 Å². The molecule has 1 aliphatic rings. The molecule has 1 N–H and O–H groups in total. The van der Waals surface area contributed by atoms with Crippen molar-refractivity contribution in [2.45, 2.75) is 38.8 Å². The monoisotopic (exact) mass is 308 g/mol. The summed E-state index contributed by atoms with van der Waals surface area (Å²) in [6, 6.07) is 0.981. The maximum absolute atomic E-state index is 11.8. The molecule has 7 nitrogen and oxygen atoms in total. The summed E-state index contributed by atoms with van der Waals surface area (Å²) < 4.78 is 1.28. The molecule has 1 saturated heterocycles. The van der Waals surface area contributed by atoms with Crippen molar-refractivity contribution in [2.75, 3.05) is 6.54 Å². The van der Waals surface area contributed by atoms with Gasteiger partial charge in [-0.3, -0.25) is 14.5 Å². The number of carboxylic acids is 1. The smallest absolute Gasteiger partial charge is 0.320 e. The second kappa shape index (κ2) is 5.53. The molecule has 0 amide bonds. The van der Waals surface area contributed by atoms with Crippen molar-refractivity contribution in [3.63, 3.8) is 0 Å². The van der Waals surface area contributed by atoms with Crippen molar-refractivity contribution in [3.05, 3.63) is 27.1 Å². The molecule has 1 atom stereocenters. The molecule has 3 heterocycles. The van der Waals surface area contributed by atoms with Crippen LogP contribution in [0, 0.1) is 6.92 Å². The van der Waals surface area contributed by atoms with E-state index in [9.17, 15) is 14.7 Å². The van der Waals surface area contributed by atoms with E-state index in [1.54, 1.807) is 6.92 Å². The number of hydrogen-bond acceptors (Lipinski definition) is 6. The van der Waals surface area contributed by atoms with Gasteiger partial charge in [0.1, 0.15) is 11.0 Å². The average Bonchev–Trinajstić information content (AvgIpc) is 2.81. The largest absolute Gasteiger partial charge is 0.480 e. The van der Waals surface area contributed by atoms with E-state index in [4.69, 9.17) is 0 Å². The summed E-state index contributed by atoms with van der Waals surface area (Å²) >= 11 is 1.34. The molecule has 21 heavy (non-hydrogen) atoms. The number of rotatable bonds is 3. The topological polar surface area (TPSA) is 87.8 Å². The Kier molecular flexibility index (Phi) is 3.73. The van der Waals surface area contributed by atoms with Crippen LogP contribution < -0.4 is 5.56 Å². The lowest BCUT2D eigenvalue weighted by Crippen LogP contribution is -2.44. The number of aromatic nitrogens is 3. The van der Waals surface area contributed by atoms with Crippen molar-refractivity contribution in [1.29, 1.82) is 0 Å². The molecular formula is C13H16N4O3S. The van der Waals surface area contributed by atoms with E-state index in [2.05, 4.69) is 10.1 Å². The average molecular weight is 308 g/mol. The third-order valence-electron chi connectivity index (χ3n) is 3.65. The second-order valence-corrected chi connectivity index (χ2v) is 6.29. The number of piperidine rings is 1. The standard InChI is InChI=1S/C13H16N4O3S/c1-8-6-11(18)17-13(14-8)21-10(15-17)7-16-5-3-2-4-9(16)12(19)20/h6,9H,2-5,7H2,1H3,(H,19,20). The highest BCUT2D eigenvalue weighted by molar-refractivity contribution is 7.16. The van der Waals surface area contributed by atoms with E-state index in [1.807, 2.05) is 4.90 Å². The Morgan fingerprint density at radius 1 is 1.52 bits per heavy atom. The number of likely N-dealkylation sites (tertiary alicyclic amines) is 1. The van der Waals surface area contributed by atoms with Gasteiger partial charge in [-0.15, -0.1) is 0 Å². The quantitative estimate of drug-likeness (QED) is 0.906. The van der Waals surface area contributed by atoms with E-state index in [0.717, 1.165) is 24.4 Å². The predicted molar refractivity (Wildman–Crippen MR) is 77.6 cm³/mol. The minimum atomic E-state index is -0.790. The van der Waals surface area contributed by atoms with Gasteiger partial charge in [0.2, 0.25) is 4.96 Å². The molecule has 2 aromatic heterocycles. The Hall–Kier alpha value is -1.80. The SMILES string of the molecule is Cc1cc(=O)n2nc(CN3CCCCC3C(=O)O)sc2n1. The zero-order valence-electron chi connectivity index (χ0n) is 11.7. The molecule has 0 saturated carbocycles. The van der Waals surface area contributed by atoms with Crippen molar-refractivity contribution in [1.82, 2.24) is 19.5 Å². The van der Waals surface area contributed by atoms with E-state index >= 15 is 0 Å². The summed E-state index contributed by atoms with van der Waals surface area (Å²) in [5.74, 6) is -0.790. The number of aryl methyl sites for hydroxylation is 1. The normalized spacial score (nSPS) is 20.0. The zero-order valence-corrected chi connectivity index (χ0v) is 12.5. The van der Waals surface area contributed by atoms with Crippen molar-refractivity contribution < 1.29 is 9.90 Å². The number of carboxylic acid groups (broad SMARTS) is 1. The van der Waals surface area contributed by atoms with Crippen LogP contribution in [-0.2, 0) is 11.3 Å². The highest BCUT2D eigenvalue weighted by Gasteiger charge is 2.29. The first kappa shape index (κ1) is 14.2. The van der Waals surface area contributed by atoms with Gasteiger partial charge in [-0.1, -0.05) is 17.8 Å². The summed E-state index contributed by atoms with van der Waals surface area (Å²) in [5.41, 5.74) is 0.463. The lowest BCUT2D eigenvalue weighted by atomic mass is 10.0. The summed E-state index contributed by atoms with van der Waals surface area (Å²) in [5, 5.41) is 14.3. The van der Waals surface area contributed by atoms with Crippen LogP contribution in [0.25, 0.3) is 4.96 Å². The third-order valence-corrected chi connectivity index (χ3v) is 4.55. The number of fused-ring (bicyclic) bond motifs is 1. The van der Waals surface area contributed by atoms with Gasteiger partial charge in [0.05, 0.1) is 6.54 Å². The molecule has 3 rings (SSSR count). The summed E-state index contributed by atoms with van der Waals surface area (Å²) in [7, 11) is 0. The van der Waals surface area contributed by atoms with Gasteiger partial charge >= 0.3 is 5.97 Å². The molecule has 0 radical (unpaired) electrons. The molecule has 2 aromatic rings. The number of hydrogen-bond donors (Lipinski definition) is 1. The zero-order chi connectivity index (χ0) is 15.0. The third kappa shape index (κ3) is 2.81. The van der Waals surface area contributed by atoms with Crippen LogP contribution >= 0.6 is 11.3 Å². The summed E-state index contributed by atoms with van der Waals surface area (Å²) in [6.45, 7) is 2.96. The Morgan fingerprint density at radius 3 is 3.10 bits per heavy atom. The number of carbonyl (C=O) groups is 1. The van der Waals surface area contributed by atoms with Gasteiger partial charge in [0, 0.05) is 11.8 Å². The number of aliphatic carboxylic acids is 1. The molecule has 0 aromatic carbocycles. The second-order valence-electron chi connectivity index (χ2n) is 5.25. The molecule has 112 valence electrons. The van der Waals surface area contributed by atoms with Gasteiger partial charge in [0.15, 0.2) is 0 Å². The van der Waals surface area contributed by atoms with Crippen molar-refractivity contribution in [3.8, 4) is 0 Å². The Bertz CT molecular complexity index is 739. The minimum Gasteiger partial charge on any atom is -0.480 e. The lowest BCUT2D eigenvalue weighted by Gasteiger charge is -2.31. The maximum atomic E-state index is 11.8. The van der Waals surface area contributed by atoms with Gasteiger partial charge in [-0.05, 0) is 26.3 Å². The minimum absolute atomic E-state index is 0.201. The van der Waals surface area contributed by atoms with Crippen LogP contribution in [0.4, 0.5) is 0 Å². The van der Waals surface area contributed by atoms with E-state index in [0.29, 0.717) is 23.6 Å². The summed E-state index contributed by atoms with van der Waals surface area (Å²) in [6.07, 6.45) is 2.59. The highest BCUT2D eigenvalue weighted by atomic mass is 32.1. The van der Waals surface area contributed by atoms with E-state index < -0.39 is 12.0 Å². The molecule has 0 aliphatic carbocycles. The van der Waals surface area contributed by atoms with Crippen molar-refractivity contribution in [2.24, 2.45) is 0 Å². The van der Waals surface area contributed by atoms with Crippen LogP contribution in [0.5, 0.6) is 0 Å². The van der Waals surface area contributed by atoms with Crippen LogP contribution in [-0.4, -0.2) is 43.2 Å². The Morgan fingerprint density at radius 2 is 2.33 bits per heavy atom. The van der Waals surface area contributed by atoms with Crippen LogP contribution in [0.1, 0.15) is 30.0 Å². The lowest BCUT2D eigenvalue weighted by molar-refractivity contribution is -0.144. The van der Waals surface area contributed by atoms with Gasteiger partial charge in [-0.2, -0.15) is 9.61 Å². The van der Waals surface area contributed by atoms with Crippen LogP contribution in [0.3, 0.4) is 0 Å².